The summed E-state index contributed by atoms with van der Waals surface area (Å²) in [5.41, 5.74) is 0.612. The van der Waals surface area contributed by atoms with Crippen LogP contribution in [0, 0.1) is 12.3 Å². The molecule has 1 amide bonds. The maximum Gasteiger partial charge on any atom is 0.254 e. The number of hydrogen-bond donors (Lipinski definition) is 0. The fourth-order valence-corrected chi connectivity index (χ4v) is 1.56. The van der Waals surface area contributed by atoms with Gasteiger partial charge in [-0.1, -0.05) is 18.9 Å². The highest BCUT2D eigenvalue weighted by Crippen LogP contribution is 2.15. The van der Waals surface area contributed by atoms with E-state index in [1.165, 1.54) is 0 Å². The van der Waals surface area contributed by atoms with Crippen molar-refractivity contribution in [3.8, 4) is 18.1 Å². The van der Waals surface area contributed by atoms with E-state index in [1.54, 1.807) is 17.0 Å². The first-order chi connectivity index (χ1) is 8.72. The lowest BCUT2D eigenvalue weighted by Gasteiger charge is -2.18. The van der Waals surface area contributed by atoms with Crippen molar-refractivity contribution in [3.63, 3.8) is 0 Å². The van der Waals surface area contributed by atoms with Gasteiger partial charge in [-0.15, -0.1) is 6.42 Å². The fourth-order valence-electron chi connectivity index (χ4n) is 1.56. The quantitative estimate of drug-likeness (QED) is 0.721. The molecular formula is C15H19NO2. The first-order valence-electron chi connectivity index (χ1n) is 6.18. The minimum absolute atomic E-state index is 0.0580. The van der Waals surface area contributed by atoms with Gasteiger partial charge >= 0.3 is 0 Å². The summed E-state index contributed by atoms with van der Waals surface area (Å²) in [7, 11) is 0. The topological polar surface area (TPSA) is 29.5 Å². The van der Waals surface area contributed by atoms with E-state index in [2.05, 4.69) is 5.92 Å². The monoisotopic (exact) mass is 245 g/mol. The van der Waals surface area contributed by atoms with Crippen molar-refractivity contribution in [2.45, 2.75) is 20.3 Å². The molecule has 0 aliphatic rings. The van der Waals surface area contributed by atoms with Crippen LogP contribution in [0.15, 0.2) is 24.3 Å². The summed E-state index contributed by atoms with van der Waals surface area (Å²) >= 11 is 0. The lowest BCUT2D eigenvalue weighted by molar-refractivity contribution is 0.0784. The smallest absolute Gasteiger partial charge is 0.254 e. The van der Waals surface area contributed by atoms with Gasteiger partial charge in [-0.3, -0.25) is 4.79 Å². The Morgan fingerprint density at radius 1 is 1.44 bits per heavy atom. The third kappa shape index (κ3) is 3.81. The number of hydrogen-bond acceptors (Lipinski definition) is 2. The maximum atomic E-state index is 12.2. The second kappa shape index (κ2) is 7.39. The first-order valence-corrected chi connectivity index (χ1v) is 6.18. The number of ether oxygens (including phenoxy) is 1. The van der Waals surface area contributed by atoms with Gasteiger partial charge in [0.1, 0.15) is 5.75 Å². The van der Waals surface area contributed by atoms with Crippen LogP contribution in [-0.4, -0.2) is 30.5 Å². The Kier molecular flexibility index (Phi) is 5.79. The van der Waals surface area contributed by atoms with Crippen LogP contribution < -0.4 is 4.74 Å². The Morgan fingerprint density at radius 3 is 2.83 bits per heavy atom. The zero-order valence-corrected chi connectivity index (χ0v) is 11.0. The van der Waals surface area contributed by atoms with Crippen molar-refractivity contribution in [1.82, 2.24) is 4.90 Å². The average molecular weight is 245 g/mol. The van der Waals surface area contributed by atoms with E-state index in [1.807, 2.05) is 26.0 Å². The molecule has 0 spiro atoms. The standard InChI is InChI=1S/C15H19NO2/c1-4-10-16(6-3)15(17)13-8-7-9-14(12-13)18-11-5-2/h1,7-9,12H,5-6,10-11H2,2-3H3. The Bertz CT molecular complexity index is 434. The van der Waals surface area contributed by atoms with Crippen molar-refractivity contribution in [3.05, 3.63) is 29.8 Å². The van der Waals surface area contributed by atoms with Gasteiger partial charge in [0.2, 0.25) is 0 Å². The Morgan fingerprint density at radius 2 is 2.22 bits per heavy atom. The van der Waals surface area contributed by atoms with Gasteiger partial charge in [0.25, 0.3) is 5.91 Å². The highest BCUT2D eigenvalue weighted by atomic mass is 16.5. The van der Waals surface area contributed by atoms with Crippen LogP contribution >= 0.6 is 0 Å². The van der Waals surface area contributed by atoms with Gasteiger partial charge in [-0.2, -0.15) is 0 Å². The van der Waals surface area contributed by atoms with Crippen LogP contribution in [0.2, 0.25) is 0 Å². The Balaban J connectivity index is 2.82. The molecule has 0 aliphatic carbocycles. The SMILES string of the molecule is C#CCN(CC)C(=O)c1cccc(OCCC)c1. The summed E-state index contributed by atoms with van der Waals surface area (Å²) in [5.74, 6) is 3.16. The fraction of sp³-hybridized carbons (Fsp3) is 0.400. The van der Waals surface area contributed by atoms with E-state index in [-0.39, 0.29) is 5.91 Å². The van der Waals surface area contributed by atoms with Crippen molar-refractivity contribution in [1.29, 1.82) is 0 Å². The van der Waals surface area contributed by atoms with Crippen molar-refractivity contribution in [2.24, 2.45) is 0 Å². The zero-order valence-electron chi connectivity index (χ0n) is 11.0. The lowest BCUT2D eigenvalue weighted by Crippen LogP contribution is -2.31. The van der Waals surface area contributed by atoms with Crippen LogP contribution in [-0.2, 0) is 0 Å². The summed E-state index contributed by atoms with van der Waals surface area (Å²) in [6, 6.07) is 7.21. The zero-order chi connectivity index (χ0) is 13.4. The van der Waals surface area contributed by atoms with Gasteiger partial charge in [-0.25, -0.2) is 0 Å². The normalized spacial score (nSPS) is 9.61. The lowest BCUT2D eigenvalue weighted by atomic mass is 10.2. The summed E-state index contributed by atoms with van der Waals surface area (Å²) < 4.78 is 5.51. The molecular weight excluding hydrogens is 226 g/mol. The van der Waals surface area contributed by atoms with Crippen molar-refractivity contribution < 1.29 is 9.53 Å². The molecule has 18 heavy (non-hydrogen) atoms. The first kappa shape index (κ1) is 14.1. The van der Waals surface area contributed by atoms with Crippen molar-refractivity contribution >= 4 is 5.91 Å². The van der Waals surface area contributed by atoms with E-state index in [9.17, 15) is 4.79 Å². The minimum Gasteiger partial charge on any atom is -0.494 e. The van der Waals surface area contributed by atoms with E-state index in [0.717, 1.165) is 12.2 Å². The van der Waals surface area contributed by atoms with E-state index in [0.29, 0.717) is 25.3 Å². The number of rotatable bonds is 6. The molecule has 1 rings (SSSR count). The predicted molar refractivity (Wildman–Crippen MR) is 72.6 cm³/mol. The molecule has 1 aromatic carbocycles. The minimum atomic E-state index is -0.0580. The van der Waals surface area contributed by atoms with E-state index >= 15 is 0 Å². The summed E-state index contributed by atoms with van der Waals surface area (Å²) in [5, 5.41) is 0. The molecule has 0 aromatic heterocycles. The van der Waals surface area contributed by atoms with E-state index < -0.39 is 0 Å². The van der Waals surface area contributed by atoms with Gasteiger partial charge in [0, 0.05) is 12.1 Å². The number of nitrogens with zero attached hydrogens (tertiary/aromatic N) is 1. The predicted octanol–water partition coefficient (Wildman–Crippen LogP) is 2.57. The highest BCUT2D eigenvalue weighted by Gasteiger charge is 2.13. The summed E-state index contributed by atoms with van der Waals surface area (Å²) in [6.07, 6.45) is 6.19. The maximum absolute atomic E-state index is 12.2. The second-order valence-corrected chi connectivity index (χ2v) is 3.90. The Labute approximate surface area is 109 Å². The molecule has 0 heterocycles. The molecule has 0 aliphatic heterocycles. The molecule has 0 radical (unpaired) electrons. The van der Waals surface area contributed by atoms with Crippen LogP contribution in [0.1, 0.15) is 30.6 Å². The molecule has 0 unspecified atom stereocenters. The molecule has 0 N–H and O–H groups in total. The number of amides is 1. The van der Waals surface area contributed by atoms with E-state index in [4.69, 9.17) is 11.2 Å². The van der Waals surface area contributed by atoms with Gasteiger partial charge in [-0.05, 0) is 31.5 Å². The number of carbonyl (C=O) groups excluding carboxylic acids is 1. The number of carbonyl (C=O) groups is 1. The molecule has 1 aromatic rings. The molecule has 3 nitrogen and oxygen atoms in total. The number of terminal acetylenes is 1. The molecule has 96 valence electrons. The van der Waals surface area contributed by atoms with Crippen LogP contribution in [0.4, 0.5) is 0 Å². The molecule has 0 bridgehead atoms. The van der Waals surface area contributed by atoms with Gasteiger partial charge in [0.05, 0.1) is 13.2 Å². The van der Waals surface area contributed by atoms with Crippen LogP contribution in [0.3, 0.4) is 0 Å². The summed E-state index contributed by atoms with van der Waals surface area (Å²) in [6.45, 7) is 5.53. The summed E-state index contributed by atoms with van der Waals surface area (Å²) in [4.78, 5) is 13.8. The molecule has 0 atom stereocenters. The largest absolute Gasteiger partial charge is 0.494 e. The van der Waals surface area contributed by atoms with Crippen LogP contribution in [0.25, 0.3) is 0 Å². The molecule has 3 heteroatoms. The molecule has 0 saturated carbocycles. The molecule has 0 saturated heterocycles. The molecule has 0 fully saturated rings. The average Bonchev–Trinajstić information content (AvgIpc) is 2.42. The highest BCUT2D eigenvalue weighted by molar-refractivity contribution is 5.94. The van der Waals surface area contributed by atoms with Gasteiger partial charge in [0.15, 0.2) is 0 Å². The Hall–Kier alpha value is -1.95. The third-order valence-electron chi connectivity index (χ3n) is 2.50. The third-order valence-corrected chi connectivity index (χ3v) is 2.50. The second-order valence-electron chi connectivity index (χ2n) is 3.90. The van der Waals surface area contributed by atoms with Gasteiger partial charge < -0.3 is 9.64 Å². The number of benzene rings is 1. The van der Waals surface area contributed by atoms with Crippen molar-refractivity contribution in [2.75, 3.05) is 19.7 Å². The van der Waals surface area contributed by atoms with Crippen LogP contribution in [0.5, 0.6) is 5.75 Å².